The van der Waals surface area contributed by atoms with Crippen LogP contribution in [0.25, 0.3) is 0 Å². The molecule has 0 radical (unpaired) electrons. The average molecular weight is 303 g/mol. The van der Waals surface area contributed by atoms with Crippen molar-refractivity contribution in [1.29, 1.82) is 0 Å². The highest BCUT2D eigenvalue weighted by molar-refractivity contribution is 5.97. The zero-order chi connectivity index (χ0) is 15.8. The van der Waals surface area contributed by atoms with Crippen molar-refractivity contribution < 1.29 is 27.9 Å². The highest BCUT2D eigenvalue weighted by Crippen LogP contribution is 2.39. The molecule has 0 bridgehead atoms. The van der Waals surface area contributed by atoms with Crippen molar-refractivity contribution in [3.63, 3.8) is 0 Å². The van der Waals surface area contributed by atoms with Gasteiger partial charge in [-0.05, 0) is 25.3 Å². The van der Waals surface area contributed by atoms with E-state index >= 15 is 0 Å². The number of aliphatic carboxylic acids is 1. The minimum Gasteiger partial charge on any atom is -0.478 e. The van der Waals surface area contributed by atoms with Crippen LogP contribution in [0.15, 0.2) is 22.9 Å². The molecule has 116 valence electrons. The van der Waals surface area contributed by atoms with Gasteiger partial charge in [0.15, 0.2) is 5.78 Å². The largest absolute Gasteiger partial charge is 0.478 e. The van der Waals surface area contributed by atoms with E-state index in [2.05, 4.69) is 0 Å². The predicted octanol–water partition coefficient (Wildman–Crippen LogP) is 2.66. The summed E-state index contributed by atoms with van der Waals surface area (Å²) in [5, 5.41) is 9.28. The summed E-state index contributed by atoms with van der Waals surface area (Å²) in [5.41, 5.74) is 1.26. The van der Waals surface area contributed by atoms with Crippen molar-refractivity contribution in [3.05, 3.63) is 22.9 Å². The Morgan fingerprint density at radius 3 is 2.67 bits per heavy atom. The topological polar surface area (TPSA) is 57.6 Å². The maximum Gasteiger partial charge on any atom is 0.389 e. The lowest BCUT2D eigenvalue weighted by Crippen LogP contribution is -2.32. The number of ketones is 1. The molecule has 1 N–H and O–H groups in total. The summed E-state index contributed by atoms with van der Waals surface area (Å²) in [6.45, 7) is 1.73. The van der Waals surface area contributed by atoms with Crippen molar-refractivity contribution in [1.82, 2.24) is 4.90 Å². The van der Waals surface area contributed by atoms with E-state index in [9.17, 15) is 27.9 Å². The zero-order valence-electron chi connectivity index (χ0n) is 11.5. The van der Waals surface area contributed by atoms with E-state index in [4.69, 9.17) is 0 Å². The van der Waals surface area contributed by atoms with Crippen molar-refractivity contribution in [2.45, 2.75) is 44.8 Å². The Kier molecular flexibility index (Phi) is 4.11. The highest BCUT2D eigenvalue weighted by Gasteiger charge is 2.39. The first-order chi connectivity index (χ1) is 9.70. The van der Waals surface area contributed by atoms with Crippen molar-refractivity contribution in [2.75, 3.05) is 6.54 Å². The van der Waals surface area contributed by atoms with Gasteiger partial charge in [0.2, 0.25) is 0 Å². The fraction of sp³-hybridized carbons (Fsp3) is 0.571. The summed E-state index contributed by atoms with van der Waals surface area (Å²) in [4.78, 5) is 24.5. The molecule has 0 saturated heterocycles. The number of allylic oxidation sites excluding steroid dienone is 2. The molecule has 7 heteroatoms. The fourth-order valence-electron chi connectivity index (χ4n) is 2.91. The molecule has 1 heterocycles. The zero-order valence-corrected chi connectivity index (χ0v) is 11.5. The molecular formula is C14H16F3NO3. The Morgan fingerprint density at radius 1 is 1.43 bits per heavy atom. The van der Waals surface area contributed by atoms with Crippen molar-refractivity contribution in [2.24, 2.45) is 0 Å². The third-order valence-electron chi connectivity index (χ3n) is 3.84. The molecule has 0 aromatic heterocycles. The third-order valence-corrected chi connectivity index (χ3v) is 3.84. The summed E-state index contributed by atoms with van der Waals surface area (Å²) in [6.07, 6.45) is -3.33. The lowest BCUT2D eigenvalue weighted by atomic mass is 9.95. The Morgan fingerprint density at radius 2 is 2.10 bits per heavy atom. The summed E-state index contributed by atoms with van der Waals surface area (Å²) in [5.74, 6) is -1.19. The van der Waals surface area contributed by atoms with E-state index in [-0.39, 0.29) is 30.7 Å². The number of carbonyl (C=O) groups is 2. The van der Waals surface area contributed by atoms with Crippen LogP contribution in [0.5, 0.6) is 0 Å². The number of hydrogen-bond donors (Lipinski definition) is 1. The number of hydrogen-bond acceptors (Lipinski definition) is 3. The minimum atomic E-state index is -4.23. The molecule has 21 heavy (non-hydrogen) atoms. The number of carboxylic acid groups (broad SMARTS) is 1. The van der Waals surface area contributed by atoms with Crippen LogP contribution in [-0.2, 0) is 9.59 Å². The summed E-state index contributed by atoms with van der Waals surface area (Å²) in [6, 6.07) is -0.511. The molecular weight excluding hydrogens is 287 g/mol. The first kappa shape index (κ1) is 15.6. The van der Waals surface area contributed by atoms with Crippen LogP contribution in [0.1, 0.15) is 32.6 Å². The molecule has 0 aromatic carbocycles. The molecule has 2 rings (SSSR count). The second-order valence-electron chi connectivity index (χ2n) is 5.28. The van der Waals surface area contributed by atoms with Crippen LogP contribution >= 0.6 is 0 Å². The van der Waals surface area contributed by atoms with E-state index in [0.29, 0.717) is 17.7 Å². The second kappa shape index (κ2) is 5.54. The van der Waals surface area contributed by atoms with Gasteiger partial charge in [-0.25, -0.2) is 4.79 Å². The van der Waals surface area contributed by atoms with Gasteiger partial charge in [-0.1, -0.05) is 0 Å². The van der Waals surface area contributed by atoms with Gasteiger partial charge in [0.05, 0.1) is 11.6 Å². The predicted molar refractivity (Wildman–Crippen MR) is 68.4 cm³/mol. The summed E-state index contributed by atoms with van der Waals surface area (Å²) in [7, 11) is 0. The highest BCUT2D eigenvalue weighted by atomic mass is 19.4. The second-order valence-corrected chi connectivity index (χ2v) is 5.28. The lowest BCUT2D eigenvalue weighted by Gasteiger charge is -2.28. The molecule has 2 aliphatic rings. The van der Waals surface area contributed by atoms with Gasteiger partial charge in [0, 0.05) is 31.2 Å². The molecule has 1 unspecified atom stereocenters. The lowest BCUT2D eigenvalue weighted by molar-refractivity contribution is -0.137. The average Bonchev–Trinajstić information content (AvgIpc) is 2.60. The molecule has 1 aliphatic heterocycles. The Bertz CT molecular complexity index is 534. The number of nitrogens with zero attached hydrogens (tertiary/aromatic N) is 1. The molecule has 0 aromatic rings. The van der Waals surface area contributed by atoms with Crippen molar-refractivity contribution >= 4 is 11.8 Å². The van der Waals surface area contributed by atoms with Gasteiger partial charge in [-0.2, -0.15) is 13.2 Å². The maximum absolute atomic E-state index is 12.2. The van der Waals surface area contributed by atoms with Crippen LogP contribution in [0.2, 0.25) is 0 Å². The molecule has 0 spiro atoms. The monoisotopic (exact) mass is 303 g/mol. The van der Waals surface area contributed by atoms with Gasteiger partial charge < -0.3 is 10.0 Å². The Hall–Kier alpha value is -1.79. The fourth-order valence-corrected chi connectivity index (χ4v) is 2.91. The van der Waals surface area contributed by atoms with Crippen LogP contribution < -0.4 is 0 Å². The number of carboxylic acids is 1. The van der Waals surface area contributed by atoms with Crippen LogP contribution in [-0.4, -0.2) is 40.5 Å². The van der Waals surface area contributed by atoms with Gasteiger partial charge >= 0.3 is 12.1 Å². The number of rotatable bonds is 4. The number of halogens is 3. The SMILES string of the molecule is CC1C(C(=O)O)=C2CCC(=O)C=C2N1CCCC(F)(F)F. The first-order valence-electron chi connectivity index (χ1n) is 6.75. The molecule has 1 atom stereocenters. The van der Waals surface area contributed by atoms with E-state index in [1.165, 1.54) is 6.08 Å². The molecule has 0 saturated carbocycles. The van der Waals surface area contributed by atoms with E-state index in [0.717, 1.165) is 0 Å². The summed E-state index contributed by atoms with van der Waals surface area (Å²) < 4.78 is 36.7. The van der Waals surface area contributed by atoms with Crippen LogP contribution in [0.3, 0.4) is 0 Å². The van der Waals surface area contributed by atoms with Crippen LogP contribution in [0, 0.1) is 0 Å². The Labute approximate surface area is 119 Å². The quantitative estimate of drug-likeness (QED) is 0.867. The van der Waals surface area contributed by atoms with Crippen molar-refractivity contribution in [3.8, 4) is 0 Å². The summed E-state index contributed by atoms with van der Waals surface area (Å²) >= 11 is 0. The first-order valence-corrected chi connectivity index (χ1v) is 6.75. The molecule has 4 nitrogen and oxygen atoms in total. The maximum atomic E-state index is 12.2. The van der Waals surface area contributed by atoms with Gasteiger partial charge in [0.1, 0.15) is 0 Å². The van der Waals surface area contributed by atoms with Gasteiger partial charge in [-0.3, -0.25) is 4.79 Å². The van der Waals surface area contributed by atoms with Gasteiger partial charge in [0.25, 0.3) is 0 Å². The smallest absolute Gasteiger partial charge is 0.389 e. The van der Waals surface area contributed by atoms with E-state index in [1.54, 1.807) is 11.8 Å². The minimum absolute atomic E-state index is 0.0834. The third kappa shape index (κ3) is 3.28. The standard InChI is InChI=1S/C14H16F3NO3/c1-8-12(13(20)21)10-4-3-9(19)7-11(10)18(8)6-2-5-14(15,16)17/h7-8H,2-6H2,1H3,(H,20,21). The van der Waals surface area contributed by atoms with E-state index < -0.39 is 24.6 Å². The number of alkyl halides is 3. The van der Waals surface area contributed by atoms with E-state index in [1.807, 2.05) is 0 Å². The molecule has 1 aliphatic carbocycles. The molecule has 0 amide bonds. The normalized spacial score (nSPS) is 22.5. The number of carbonyl (C=O) groups excluding carboxylic acids is 1. The molecule has 0 fully saturated rings. The number of fused-ring (bicyclic) bond motifs is 1. The van der Waals surface area contributed by atoms with Gasteiger partial charge in [-0.15, -0.1) is 0 Å². The Balaban J connectivity index is 2.20. The van der Waals surface area contributed by atoms with Crippen LogP contribution in [0.4, 0.5) is 13.2 Å².